The smallest absolute Gasteiger partial charge is 0.314 e. The van der Waals surface area contributed by atoms with Crippen LogP contribution in [-0.2, 0) is 20.2 Å². The van der Waals surface area contributed by atoms with Crippen molar-refractivity contribution in [2.45, 2.75) is 24.7 Å². The molecule has 0 amide bonds. The van der Waals surface area contributed by atoms with Gasteiger partial charge in [-0.05, 0) is 30.5 Å². The fourth-order valence-electron chi connectivity index (χ4n) is 2.23. The van der Waals surface area contributed by atoms with Gasteiger partial charge in [-0.1, -0.05) is 18.6 Å². The van der Waals surface area contributed by atoms with Crippen LogP contribution in [0.1, 0.15) is 24.8 Å². The number of carboxylic acid groups (broad SMARTS) is 1. The van der Waals surface area contributed by atoms with Gasteiger partial charge >= 0.3 is 5.97 Å². The van der Waals surface area contributed by atoms with Gasteiger partial charge < -0.3 is 5.11 Å². The molecule has 2 N–H and O–H groups in total. The third-order valence-electron chi connectivity index (χ3n) is 3.36. The monoisotopic (exact) mass is 269 g/mol. The van der Waals surface area contributed by atoms with Gasteiger partial charge in [0.15, 0.2) is 0 Å². The fraction of sp³-hybridized carbons (Fsp3) is 0.417. The van der Waals surface area contributed by atoms with E-state index in [-0.39, 0.29) is 0 Å². The summed E-state index contributed by atoms with van der Waals surface area (Å²) in [5.41, 5.74) is 0.408. The fourth-order valence-corrected chi connectivity index (χ4v) is 2.79. The van der Waals surface area contributed by atoms with Crippen molar-refractivity contribution in [2.75, 3.05) is 11.0 Å². The zero-order chi connectivity index (χ0) is 13.4. The maximum absolute atomic E-state index is 11.3. The Labute approximate surface area is 106 Å². The van der Waals surface area contributed by atoms with Gasteiger partial charge in [0.25, 0.3) is 0 Å². The van der Waals surface area contributed by atoms with Gasteiger partial charge in [-0.15, -0.1) is 0 Å². The molecule has 0 saturated heterocycles. The topological polar surface area (TPSA) is 83.5 Å². The third-order valence-corrected chi connectivity index (χ3v) is 3.96. The number of aliphatic carboxylic acids is 1. The summed E-state index contributed by atoms with van der Waals surface area (Å²) in [4.78, 5) is 11.3. The molecular weight excluding hydrogens is 254 g/mol. The van der Waals surface area contributed by atoms with Gasteiger partial charge in [0.2, 0.25) is 10.0 Å². The Kier molecular flexibility index (Phi) is 3.06. The molecule has 0 atom stereocenters. The van der Waals surface area contributed by atoms with Gasteiger partial charge in [0.1, 0.15) is 0 Å². The average molecular weight is 269 g/mol. The quantitative estimate of drug-likeness (QED) is 0.869. The van der Waals surface area contributed by atoms with Crippen LogP contribution in [0.3, 0.4) is 0 Å². The van der Waals surface area contributed by atoms with Crippen molar-refractivity contribution >= 4 is 21.7 Å². The Hall–Kier alpha value is -1.56. The number of benzene rings is 1. The minimum Gasteiger partial charge on any atom is -0.481 e. The number of sulfonamides is 1. The zero-order valence-electron chi connectivity index (χ0n) is 10.0. The van der Waals surface area contributed by atoms with Crippen molar-refractivity contribution in [1.29, 1.82) is 0 Å². The number of anilines is 1. The van der Waals surface area contributed by atoms with Crippen molar-refractivity contribution in [3.63, 3.8) is 0 Å². The standard InChI is InChI=1S/C12H15NO4S/c1-18(16,17)13-10-5-3-9(4-6-10)12(11(14)15)7-2-8-12/h3-6,13H,2,7-8H2,1H3,(H,14,15). The summed E-state index contributed by atoms with van der Waals surface area (Å²) in [6, 6.07) is 6.56. The second kappa shape index (κ2) is 4.28. The predicted octanol–water partition coefficient (Wildman–Crippen LogP) is 1.56. The molecule has 2 rings (SSSR count). The first kappa shape index (κ1) is 12.9. The molecule has 0 unspecified atom stereocenters. The van der Waals surface area contributed by atoms with E-state index >= 15 is 0 Å². The minimum absolute atomic E-state index is 0.445. The predicted molar refractivity (Wildman–Crippen MR) is 68.1 cm³/mol. The van der Waals surface area contributed by atoms with Crippen molar-refractivity contribution < 1.29 is 18.3 Å². The molecule has 0 radical (unpaired) electrons. The van der Waals surface area contributed by atoms with Crippen molar-refractivity contribution in [1.82, 2.24) is 0 Å². The number of carbonyl (C=O) groups is 1. The van der Waals surface area contributed by atoms with Crippen LogP contribution in [0.2, 0.25) is 0 Å². The second-order valence-corrected chi connectivity index (χ2v) is 6.44. The summed E-state index contributed by atoms with van der Waals surface area (Å²) < 4.78 is 24.5. The maximum atomic E-state index is 11.3. The second-order valence-electron chi connectivity index (χ2n) is 4.69. The van der Waals surface area contributed by atoms with E-state index < -0.39 is 21.4 Å². The molecule has 0 spiro atoms. The highest BCUT2D eigenvalue weighted by molar-refractivity contribution is 7.92. The number of hydrogen-bond donors (Lipinski definition) is 2. The van der Waals surface area contributed by atoms with Gasteiger partial charge in [0, 0.05) is 5.69 Å². The highest BCUT2D eigenvalue weighted by atomic mass is 32.2. The van der Waals surface area contributed by atoms with E-state index in [4.69, 9.17) is 0 Å². The first-order valence-corrected chi connectivity index (χ1v) is 7.54. The highest BCUT2D eigenvalue weighted by Gasteiger charge is 2.45. The lowest BCUT2D eigenvalue weighted by molar-refractivity contribution is -0.147. The molecule has 0 aromatic heterocycles. The average Bonchev–Trinajstić information content (AvgIpc) is 2.15. The molecule has 1 aliphatic carbocycles. The molecule has 98 valence electrons. The summed E-state index contributed by atoms with van der Waals surface area (Å²) in [5.74, 6) is -0.808. The lowest BCUT2D eigenvalue weighted by Crippen LogP contribution is -2.42. The molecule has 1 aromatic carbocycles. The normalized spacial score (nSPS) is 17.8. The molecule has 6 heteroatoms. The third kappa shape index (κ3) is 2.33. The SMILES string of the molecule is CS(=O)(=O)Nc1ccc(C2(C(=O)O)CCC2)cc1. The molecular formula is C12H15NO4S. The van der Waals surface area contributed by atoms with Crippen LogP contribution in [0.4, 0.5) is 5.69 Å². The Bertz CT molecular complexity index is 558. The van der Waals surface area contributed by atoms with E-state index in [1.165, 1.54) is 0 Å². The van der Waals surface area contributed by atoms with E-state index in [1.54, 1.807) is 24.3 Å². The van der Waals surface area contributed by atoms with Crippen LogP contribution >= 0.6 is 0 Å². The molecule has 0 heterocycles. The molecule has 1 aliphatic rings. The Morgan fingerprint density at radius 1 is 1.28 bits per heavy atom. The van der Waals surface area contributed by atoms with Gasteiger partial charge in [-0.3, -0.25) is 9.52 Å². The van der Waals surface area contributed by atoms with Crippen LogP contribution in [0.15, 0.2) is 24.3 Å². The van der Waals surface area contributed by atoms with Crippen LogP contribution in [-0.4, -0.2) is 25.7 Å². The Balaban J connectivity index is 2.25. The van der Waals surface area contributed by atoms with Gasteiger partial charge in [0.05, 0.1) is 11.7 Å². The molecule has 18 heavy (non-hydrogen) atoms. The first-order valence-electron chi connectivity index (χ1n) is 5.65. The summed E-state index contributed by atoms with van der Waals surface area (Å²) in [5, 5.41) is 9.28. The number of nitrogens with one attached hydrogen (secondary N) is 1. The van der Waals surface area contributed by atoms with Gasteiger partial charge in [-0.2, -0.15) is 0 Å². The molecule has 1 fully saturated rings. The zero-order valence-corrected chi connectivity index (χ0v) is 10.8. The largest absolute Gasteiger partial charge is 0.481 e. The summed E-state index contributed by atoms with van der Waals surface area (Å²) in [6.07, 6.45) is 3.27. The van der Waals surface area contributed by atoms with Gasteiger partial charge in [-0.25, -0.2) is 8.42 Å². The summed E-state index contributed by atoms with van der Waals surface area (Å²) >= 11 is 0. The minimum atomic E-state index is -3.30. The van der Waals surface area contributed by atoms with Crippen molar-refractivity contribution in [2.24, 2.45) is 0 Å². The lowest BCUT2D eigenvalue weighted by Gasteiger charge is -2.38. The molecule has 1 aromatic rings. The van der Waals surface area contributed by atoms with Crippen LogP contribution in [0, 0.1) is 0 Å². The summed E-state index contributed by atoms with van der Waals surface area (Å²) in [7, 11) is -3.30. The maximum Gasteiger partial charge on any atom is 0.314 e. The van der Waals surface area contributed by atoms with Crippen LogP contribution in [0.25, 0.3) is 0 Å². The van der Waals surface area contributed by atoms with Crippen LogP contribution in [0.5, 0.6) is 0 Å². The molecule has 1 saturated carbocycles. The lowest BCUT2D eigenvalue weighted by atomic mass is 9.64. The van der Waals surface area contributed by atoms with E-state index in [1.807, 2.05) is 0 Å². The van der Waals surface area contributed by atoms with Crippen molar-refractivity contribution in [3.8, 4) is 0 Å². The van der Waals surface area contributed by atoms with E-state index in [0.717, 1.165) is 18.2 Å². The van der Waals surface area contributed by atoms with E-state index in [2.05, 4.69) is 4.72 Å². The highest BCUT2D eigenvalue weighted by Crippen LogP contribution is 2.44. The molecule has 5 nitrogen and oxygen atoms in total. The molecule has 0 bridgehead atoms. The van der Waals surface area contributed by atoms with E-state index in [9.17, 15) is 18.3 Å². The summed E-state index contributed by atoms with van der Waals surface area (Å²) in [6.45, 7) is 0. The first-order chi connectivity index (χ1) is 8.33. The Morgan fingerprint density at radius 3 is 2.17 bits per heavy atom. The molecule has 0 aliphatic heterocycles. The van der Waals surface area contributed by atoms with Crippen LogP contribution < -0.4 is 4.72 Å². The number of rotatable bonds is 4. The van der Waals surface area contributed by atoms with E-state index in [0.29, 0.717) is 18.5 Å². The Morgan fingerprint density at radius 2 is 1.83 bits per heavy atom. The van der Waals surface area contributed by atoms with Crippen molar-refractivity contribution in [3.05, 3.63) is 29.8 Å². The number of carboxylic acids is 1. The number of hydrogen-bond acceptors (Lipinski definition) is 3.